The fourth-order valence-corrected chi connectivity index (χ4v) is 3.44. The van der Waals surface area contributed by atoms with Gasteiger partial charge in [-0.2, -0.15) is 13.2 Å². The topological polar surface area (TPSA) is 106 Å². The Labute approximate surface area is 199 Å². The van der Waals surface area contributed by atoms with Gasteiger partial charge in [-0.05, 0) is 41.8 Å². The number of carbonyl (C=O) groups is 2. The maximum absolute atomic E-state index is 13.5. The van der Waals surface area contributed by atoms with E-state index < -0.39 is 23.6 Å². The molecule has 0 aliphatic rings. The quantitative estimate of drug-likeness (QED) is 0.490. The van der Waals surface area contributed by atoms with Crippen LogP contribution in [0.5, 0.6) is 0 Å². The Morgan fingerprint density at radius 3 is 2.46 bits per heavy atom. The third-order valence-electron chi connectivity index (χ3n) is 5.06. The summed E-state index contributed by atoms with van der Waals surface area (Å²) in [6, 6.07) is 4.77. The molecule has 8 nitrogen and oxygen atoms in total. The number of aliphatic carboxylic acids is 1. The van der Waals surface area contributed by atoms with Gasteiger partial charge >= 0.3 is 12.1 Å². The molecule has 3 aromatic rings. The molecule has 184 valence electrons. The van der Waals surface area contributed by atoms with E-state index in [1.54, 1.807) is 13.0 Å². The van der Waals surface area contributed by atoms with Crippen molar-refractivity contribution in [1.29, 1.82) is 0 Å². The number of rotatable bonds is 9. The van der Waals surface area contributed by atoms with Gasteiger partial charge < -0.3 is 14.7 Å². The predicted molar refractivity (Wildman–Crippen MR) is 119 cm³/mol. The summed E-state index contributed by atoms with van der Waals surface area (Å²) in [4.78, 5) is 37.6. The van der Waals surface area contributed by atoms with Crippen LogP contribution in [0.25, 0.3) is 11.1 Å². The van der Waals surface area contributed by atoms with E-state index in [1.165, 1.54) is 42.9 Å². The van der Waals surface area contributed by atoms with Crippen LogP contribution in [-0.2, 0) is 40.0 Å². The van der Waals surface area contributed by atoms with Gasteiger partial charge in [0.05, 0.1) is 36.1 Å². The molecule has 0 bridgehead atoms. The molecular formula is C24H23F3N4O4. The molecule has 35 heavy (non-hydrogen) atoms. The summed E-state index contributed by atoms with van der Waals surface area (Å²) in [7, 11) is 1.34. The summed E-state index contributed by atoms with van der Waals surface area (Å²) in [5.41, 5.74) is 1.68. The summed E-state index contributed by atoms with van der Waals surface area (Å²) in [5, 5.41) is 9.08. The van der Waals surface area contributed by atoms with Crippen LogP contribution in [0.15, 0.2) is 49.1 Å². The minimum atomic E-state index is -4.60. The Morgan fingerprint density at radius 2 is 1.83 bits per heavy atom. The van der Waals surface area contributed by atoms with Crippen molar-refractivity contribution in [2.24, 2.45) is 0 Å². The van der Waals surface area contributed by atoms with Crippen LogP contribution in [-0.4, -0.2) is 50.6 Å². The predicted octanol–water partition coefficient (Wildman–Crippen LogP) is 3.67. The summed E-state index contributed by atoms with van der Waals surface area (Å²) < 4.78 is 45.5. The second-order valence-electron chi connectivity index (χ2n) is 7.85. The van der Waals surface area contributed by atoms with Gasteiger partial charge in [0.2, 0.25) is 5.91 Å². The molecule has 0 saturated heterocycles. The van der Waals surface area contributed by atoms with Crippen molar-refractivity contribution < 1.29 is 32.6 Å². The molecule has 0 spiro atoms. The number of methoxy groups -OCH3 is 1. The molecular weight excluding hydrogens is 465 g/mol. The lowest BCUT2D eigenvalue weighted by molar-refractivity contribution is -0.138. The lowest BCUT2D eigenvalue weighted by Crippen LogP contribution is -2.33. The highest BCUT2D eigenvalue weighted by molar-refractivity contribution is 5.78. The van der Waals surface area contributed by atoms with Crippen molar-refractivity contribution in [2.75, 3.05) is 13.7 Å². The monoisotopic (exact) mass is 488 g/mol. The third kappa shape index (κ3) is 7.06. The van der Waals surface area contributed by atoms with Crippen molar-refractivity contribution in [3.8, 4) is 11.1 Å². The fourth-order valence-electron chi connectivity index (χ4n) is 3.44. The van der Waals surface area contributed by atoms with E-state index in [9.17, 15) is 22.8 Å². The van der Waals surface area contributed by atoms with E-state index in [2.05, 4.69) is 15.0 Å². The number of aromatic nitrogens is 3. The number of hydrogen-bond acceptors (Lipinski definition) is 6. The van der Waals surface area contributed by atoms with Crippen LogP contribution in [0.4, 0.5) is 13.2 Å². The molecule has 0 atom stereocenters. The number of nitrogens with zero attached hydrogens (tertiary/aromatic N) is 4. The number of carboxylic acids is 1. The largest absolute Gasteiger partial charge is 0.481 e. The van der Waals surface area contributed by atoms with Gasteiger partial charge in [0.15, 0.2) is 0 Å². The number of halogens is 3. The zero-order valence-corrected chi connectivity index (χ0v) is 19.0. The Bertz CT molecular complexity index is 1200. The molecule has 0 unspecified atom stereocenters. The first-order valence-electron chi connectivity index (χ1n) is 10.5. The summed E-state index contributed by atoms with van der Waals surface area (Å²) in [6.07, 6.45) is 0.955. The SMILES string of the molecule is COCC(=O)N(Cc1cnc(C)cn1)Cc1cc(C(F)(F)F)ccc1-c1cncc(CC(=O)O)c1. The first-order chi connectivity index (χ1) is 16.6. The number of hydrogen-bond donors (Lipinski definition) is 1. The van der Waals surface area contributed by atoms with Crippen molar-refractivity contribution >= 4 is 11.9 Å². The lowest BCUT2D eigenvalue weighted by Gasteiger charge is -2.24. The molecule has 3 rings (SSSR count). The Kier molecular flexibility index (Phi) is 8.13. The normalized spacial score (nSPS) is 11.3. The molecule has 2 aromatic heterocycles. The maximum atomic E-state index is 13.5. The number of ether oxygens (including phenoxy) is 1. The molecule has 11 heteroatoms. The molecule has 0 aliphatic heterocycles. The average Bonchev–Trinajstić information content (AvgIpc) is 2.79. The maximum Gasteiger partial charge on any atom is 0.416 e. The molecule has 0 radical (unpaired) electrons. The van der Waals surface area contributed by atoms with Gasteiger partial charge in [-0.15, -0.1) is 0 Å². The number of carbonyl (C=O) groups excluding carboxylic acids is 1. The zero-order chi connectivity index (χ0) is 25.6. The van der Waals surface area contributed by atoms with Crippen LogP contribution in [0.2, 0.25) is 0 Å². The highest BCUT2D eigenvalue weighted by atomic mass is 19.4. The molecule has 0 saturated carbocycles. The van der Waals surface area contributed by atoms with Crippen molar-refractivity contribution in [3.63, 3.8) is 0 Å². The van der Waals surface area contributed by atoms with Gasteiger partial charge in [-0.25, -0.2) is 0 Å². The lowest BCUT2D eigenvalue weighted by atomic mass is 9.96. The van der Waals surface area contributed by atoms with Gasteiger partial charge in [0, 0.05) is 37.8 Å². The second-order valence-corrected chi connectivity index (χ2v) is 7.85. The van der Waals surface area contributed by atoms with E-state index in [1.807, 2.05) is 0 Å². The Hall–Kier alpha value is -3.86. The molecule has 1 amide bonds. The van der Waals surface area contributed by atoms with Crippen LogP contribution in [0, 0.1) is 6.92 Å². The van der Waals surface area contributed by atoms with Crippen molar-refractivity contribution in [3.05, 3.63) is 77.1 Å². The minimum Gasteiger partial charge on any atom is -0.481 e. The second kappa shape index (κ2) is 11.0. The van der Waals surface area contributed by atoms with Crippen molar-refractivity contribution in [1.82, 2.24) is 19.9 Å². The Morgan fingerprint density at radius 1 is 1.06 bits per heavy atom. The van der Waals surface area contributed by atoms with E-state index in [0.717, 1.165) is 12.1 Å². The van der Waals surface area contributed by atoms with Gasteiger partial charge in [0.25, 0.3) is 0 Å². The highest BCUT2D eigenvalue weighted by Gasteiger charge is 2.31. The van der Waals surface area contributed by atoms with E-state index in [0.29, 0.717) is 28.1 Å². The van der Waals surface area contributed by atoms with E-state index >= 15 is 0 Å². The number of pyridine rings is 1. The molecule has 2 heterocycles. The van der Waals surface area contributed by atoms with Crippen LogP contribution in [0.1, 0.15) is 28.1 Å². The third-order valence-corrected chi connectivity index (χ3v) is 5.06. The number of alkyl halides is 3. The molecule has 1 N–H and O–H groups in total. The summed E-state index contributed by atoms with van der Waals surface area (Å²) in [6.45, 7) is 1.30. The van der Waals surface area contributed by atoms with Crippen LogP contribution in [0.3, 0.4) is 0 Å². The highest BCUT2D eigenvalue weighted by Crippen LogP contribution is 2.34. The number of amides is 1. The Balaban J connectivity index is 2.05. The van der Waals surface area contributed by atoms with E-state index in [4.69, 9.17) is 9.84 Å². The zero-order valence-electron chi connectivity index (χ0n) is 19.0. The van der Waals surface area contributed by atoms with Gasteiger partial charge in [-0.1, -0.05) is 6.07 Å². The summed E-state index contributed by atoms with van der Waals surface area (Å²) in [5.74, 6) is -1.51. The van der Waals surface area contributed by atoms with Crippen LogP contribution < -0.4 is 0 Å². The molecule has 0 aliphatic carbocycles. The minimum absolute atomic E-state index is 0.00244. The fraction of sp³-hybridized carbons (Fsp3) is 0.292. The molecule has 0 fully saturated rings. The number of aryl methyl sites for hydroxylation is 1. The van der Waals surface area contributed by atoms with E-state index in [-0.39, 0.29) is 31.7 Å². The number of carboxylic acid groups (broad SMARTS) is 1. The average molecular weight is 488 g/mol. The van der Waals surface area contributed by atoms with Crippen LogP contribution >= 0.6 is 0 Å². The number of benzene rings is 1. The summed E-state index contributed by atoms with van der Waals surface area (Å²) >= 11 is 0. The first kappa shape index (κ1) is 25.8. The smallest absolute Gasteiger partial charge is 0.416 e. The van der Waals surface area contributed by atoms with Crippen molar-refractivity contribution in [2.45, 2.75) is 32.6 Å². The van der Waals surface area contributed by atoms with Gasteiger partial charge in [-0.3, -0.25) is 24.5 Å². The molecule has 1 aromatic carbocycles. The standard InChI is InChI=1S/C24H23F3N4O4/c1-15-8-30-20(11-29-15)13-31(22(32)14-35-2)12-18-7-19(24(25,26)27)3-4-21(18)17-5-16(6-23(33)34)9-28-10-17/h3-5,7-11H,6,12-14H2,1-2H3,(H,33,34). The van der Waals surface area contributed by atoms with Gasteiger partial charge in [0.1, 0.15) is 6.61 Å². The first-order valence-corrected chi connectivity index (χ1v) is 10.5.